The van der Waals surface area contributed by atoms with E-state index >= 15 is 0 Å². The van der Waals surface area contributed by atoms with Crippen LogP contribution in [0.1, 0.15) is 76.7 Å². The summed E-state index contributed by atoms with van der Waals surface area (Å²) in [5.41, 5.74) is 2.49. The van der Waals surface area contributed by atoms with Crippen LogP contribution in [0.4, 0.5) is 5.95 Å². The molecule has 2 N–H and O–H groups in total. The van der Waals surface area contributed by atoms with E-state index in [0.717, 1.165) is 81.0 Å². The van der Waals surface area contributed by atoms with E-state index < -0.39 is 0 Å². The molecule has 2 aromatic rings. The molecule has 0 atom stereocenters. The van der Waals surface area contributed by atoms with Crippen molar-refractivity contribution in [1.29, 1.82) is 0 Å². The second kappa shape index (κ2) is 8.51. The van der Waals surface area contributed by atoms with Crippen molar-refractivity contribution in [3.05, 3.63) is 18.0 Å². The molecule has 1 saturated heterocycles. The first-order chi connectivity index (χ1) is 15.0. The van der Waals surface area contributed by atoms with Crippen LogP contribution in [0.5, 0.6) is 5.88 Å². The summed E-state index contributed by atoms with van der Waals surface area (Å²) in [6, 6.07) is 0.431. The van der Waals surface area contributed by atoms with Gasteiger partial charge in [-0.3, -0.25) is 0 Å². The highest BCUT2D eigenvalue weighted by molar-refractivity contribution is 5.86. The maximum atomic E-state index is 9.95. The number of aromatic nitrogens is 3. The van der Waals surface area contributed by atoms with E-state index in [0.29, 0.717) is 29.2 Å². The summed E-state index contributed by atoms with van der Waals surface area (Å²) in [5, 5.41) is 14.4. The molecule has 3 heterocycles. The molecular formula is C24H34N4O3. The zero-order chi connectivity index (χ0) is 21.4. The number of rotatable bonds is 5. The van der Waals surface area contributed by atoms with Gasteiger partial charge in [0.05, 0.1) is 30.2 Å². The van der Waals surface area contributed by atoms with E-state index in [9.17, 15) is 5.11 Å². The van der Waals surface area contributed by atoms with E-state index in [1.165, 1.54) is 0 Å². The lowest BCUT2D eigenvalue weighted by Crippen LogP contribution is -2.41. The van der Waals surface area contributed by atoms with Gasteiger partial charge in [-0.25, -0.2) is 15.0 Å². The normalized spacial score (nSPS) is 27.1. The highest BCUT2D eigenvalue weighted by Gasteiger charge is 2.36. The molecule has 7 nitrogen and oxygen atoms in total. The van der Waals surface area contributed by atoms with Crippen LogP contribution < -0.4 is 10.1 Å². The van der Waals surface area contributed by atoms with Gasteiger partial charge in [0.1, 0.15) is 6.10 Å². The van der Waals surface area contributed by atoms with Gasteiger partial charge in [-0.05, 0) is 49.9 Å². The first-order valence-corrected chi connectivity index (χ1v) is 11.8. The van der Waals surface area contributed by atoms with Gasteiger partial charge >= 0.3 is 0 Å². The quantitative estimate of drug-likeness (QED) is 0.740. The smallest absolute Gasteiger partial charge is 0.224 e. The van der Waals surface area contributed by atoms with Crippen molar-refractivity contribution in [2.24, 2.45) is 5.41 Å². The summed E-state index contributed by atoms with van der Waals surface area (Å²) in [6.07, 6.45) is 11.4. The highest BCUT2D eigenvalue weighted by Crippen LogP contribution is 2.42. The fourth-order valence-electron chi connectivity index (χ4n) is 5.38. The molecule has 7 heteroatoms. The molecule has 168 valence electrons. The van der Waals surface area contributed by atoms with Gasteiger partial charge in [-0.1, -0.05) is 13.8 Å². The lowest BCUT2D eigenvalue weighted by Gasteiger charge is -2.42. The maximum absolute atomic E-state index is 9.95. The Morgan fingerprint density at radius 3 is 2.48 bits per heavy atom. The molecule has 31 heavy (non-hydrogen) atoms. The number of nitrogens with zero attached hydrogens (tertiary/aromatic N) is 3. The lowest BCUT2D eigenvalue weighted by atomic mass is 9.68. The molecule has 0 spiro atoms. The largest absolute Gasteiger partial charge is 0.474 e. The number of hydrogen-bond acceptors (Lipinski definition) is 7. The Hall–Kier alpha value is -1.99. The third-order valence-corrected chi connectivity index (χ3v) is 7.13. The van der Waals surface area contributed by atoms with Crippen molar-refractivity contribution in [2.75, 3.05) is 18.5 Å². The van der Waals surface area contributed by atoms with E-state index in [-0.39, 0.29) is 12.2 Å². The van der Waals surface area contributed by atoms with E-state index in [1.54, 1.807) is 0 Å². The Bertz CT molecular complexity index is 912. The Morgan fingerprint density at radius 2 is 1.77 bits per heavy atom. The molecule has 2 aromatic heterocycles. The third kappa shape index (κ3) is 4.62. The summed E-state index contributed by atoms with van der Waals surface area (Å²) in [4.78, 5) is 14.3. The van der Waals surface area contributed by atoms with Gasteiger partial charge in [-0.2, -0.15) is 0 Å². The number of hydrogen-bond donors (Lipinski definition) is 2. The van der Waals surface area contributed by atoms with Crippen molar-refractivity contribution < 1.29 is 14.6 Å². The summed E-state index contributed by atoms with van der Waals surface area (Å²) in [7, 11) is 0. The minimum Gasteiger partial charge on any atom is -0.474 e. The SMILES string of the molecule is CC1(C)CC(Nc2ncc3c(OC4CCOCC4)ncc([C@H]4CC[C@H](O)CC4)c3n2)C1. The Kier molecular flexibility index (Phi) is 5.73. The van der Waals surface area contributed by atoms with E-state index in [4.69, 9.17) is 19.4 Å². The molecule has 0 bridgehead atoms. The van der Waals surface area contributed by atoms with Gasteiger partial charge in [0.2, 0.25) is 11.8 Å². The average molecular weight is 427 g/mol. The van der Waals surface area contributed by atoms with Crippen molar-refractivity contribution >= 4 is 16.9 Å². The third-order valence-electron chi connectivity index (χ3n) is 7.13. The fraction of sp³-hybridized carbons (Fsp3) is 0.708. The number of ether oxygens (including phenoxy) is 2. The monoisotopic (exact) mass is 426 g/mol. The molecule has 3 aliphatic rings. The second-order valence-corrected chi connectivity index (χ2v) is 10.3. The molecular weight excluding hydrogens is 392 g/mol. The lowest BCUT2D eigenvalue weighted by molar-refractivity contribution is 0.0244. The molecule has 0 amide bonds. The van der Waals surface area contributed by atoms with Crippen LogP contribution in [0.2, 0.25) is 0 Å². The van der Waals surface area contributed by atoms with E-state index in [2.05, 4.69) is 24.1 Å². The molecule has 0 aromatic carbocycles. The molecule has 3 fully saturated rings. The zero-order valence-electron chi connectivity index (χ0n) is 18.6. The highest BCUT2D eigenvalue weighted by atomic mass is 16.5. The number of aliphatic hydroxyl groups excluding tert-OH is 1. The molecule has 2 saturated carbocycles. The van der Waals surface area contributed by atoms with E-state index in [1.807, 2.05) is 12.4 Å². The Balaban J connectivity index is 1.45. The Morgan fingerprint density at radius 1 is 1.03 bits per heavy atom. The number of aliphatic hydroxyl groups is 1. The first-order valence-electron chi connectivity index (χ1n) is 11.8. The van der Waals surface area contributed by atoms with Crippen molar-refractivity contribution in [2.45, 2.75) is 89.4 Å². The van der Waals surface area contributed by atoms with Gasteiger partial charge in [0.25, 0.3) is 0 Å². The molecule has 1 aliphatic heterocycles. The average Bonchev–Trinajstić information content (AvgIpc) is 2.74. The van der Waals surface area contributed by atoms with Gasteiger partial charge in [0.15, 0.2) is 0 Å². The van der Waals surface area contributed by atoms with Gasteiger partial charge in [0, 0.05) is 36.8 Å². The number of fused-ring (bicyclic) bond motifs is 1. The van der Waals surface area contributed by atoms with Crippen LogP contribution in [0.15, 0.2) is 12.4 Å². The number of pyridine rings is 1. The number of anilines is 1. The van der Waals surface area contributed by atoms with Crippen molar-refractivity contribution in [3.63, 3.8) is 0 Å². The zero-order valence-corrected chi connectivity index (χ0v) is 18.6. The van der Waals surface area contributed by atoms with Crippen LogP contribution in [0.3, 0.4) is 0 Å². The molecule has 2 aliphatic carbocycles. The van der Waals surface area contributed by atoms with Crippen LogP contribution in [0, 0.1) is 5.41 Å². The number of nitrogens with one attached hydrogen (secondary N) is 1. The standard InChI is InChI=1S/C24H34N4O3/c1-24(2)11-16(12-24)27-23-26-14-20-21(28-23)19(15-3-5-17(29)6-4-15)13-25-22(20)31-18-7-9-30-10-8-18/h13-18,29H,3-12H2,1-2H3,(H,26,27,28)/t15-,17-. The fourth-order valence-corrected chi connectivity index (χ4v) is 5.38. The van der Waals surface area contributed by atoms with Crippen LogP contribution in [0.25, 0.3) is 10.9 Å². The minimum absolute atomic E-state index is 0.120. The molecule has 5 rings (SSSR count). The van der Waals surface area contributed by atoms with Gasteiger partial charge < -0.3 is 19.9 Å². The minimum atomic E-state index is -0.180. The Labute approximate surface area is 184 Å². The summed E-state index contributed by atoms with van der Waals surface area (Å²) in [5.74, 6) is 1.67. The topological polar surface area (TPSA) is 89.4 Å². The maximum Gasteiger partial charge on any atom is 0.224 e. The second-order valence-electron chi connectivity index (χ2n) is 10.3. The molecule has 0 unspecified atom stereocenters. The van der Waals surface area contributed by atoms with Gasteiger partial charge in [-0.15, -0.1) is 0 Å². The van der Waals surface area contributed by atoms with Crippen molar-refractivity contribution in [1.82, 2.24) is 15.0 Å². The van der Waals surface area contributed by atoms with Crippen molar-refractivity contribution in [3.8, 4) is 5.88 Å². The summed E-state index contributed by atoms with van der Waals surface area (Å²) < 4.78 is 11.7. The van der Waals surface area contributed by atoms with Crippen LogP contribution in [-0.2, 0) is 4.74 Å². The predicted molar refractivity (Wildman–Crippen MR) is 119 cm³/mol. The first kappa shape index (κ1) is 20.9. The molecule has 0 radical (unpaired) electrons. The van der Waals surface area contributed by atoms with Crippen LogP contribution >= 0.6 is 0 Å². The summed E-state index contributed by atoms with van der Waals surface area (Å²) in [6.45, 7) is 6.06. The predicted octanol–water partition coefficient (Wildman–Crippen LogP) is 4.20. The summed E-state index contributed by atoms with van der Waals surface area (Å²) >= 11 is 0. The van der Waals surface area contributed by atoms with Crippen LogP contribution in [-0.4, -0.2) is 51.5 Å².